The number of imide groups is 1. The van der Waals surface area contributed by atoms with E-state index in [2.05, 4.69) is 20.9 Å². The number of carbonyl (C=O) groups excluding carboxylic acids is 7. The smallest absolute Gasteiger partial charge is 0.415 e. The molecule has 19 nitrogen and oxygen atoms in total. The molecule has 0 unspecified atom stereocenters. The number of anilines is 2. The van der Waals surface area contributed by atoms with Crippen LogP contribution in [0.4, 0.5) is 16.2 Å². The quantitative estimate of drug-likeness (QED) is 0.0503. The number of rotatable bonds is 19. The predicted molar refractivity (Wildman–Crippen MR) is 262 cm³/mol. The summed E-state index contributed by atoms with van der Waals surface area (Å²) in [6.07, 6.45) is 4.77. The van der Waals surface area contributed by atoms with E-state index in [1.165, 1.54) is 41.3 Å². The van der Waals surface area contributed by atoms with Crippen LogP contribution in [0.15, 0.2) is 85.2 Å². The number of halogens is 1. The second-order valence-corrected chi connectivity index (χ2v) is 18.0. The molecule has 2 aliphatic heterocycles. The highest BCUT2D eigenvalue weighted by atomic mass is 35.5. The lowest BCUT2D eigenvalue weighted by Crippen LogP contribution is -2.53. The molecule has 0 fully saturated rings. The minimum Gasteiger partial charge on any atom is -0.508 e. The largest absolute Gasteiger partial charge is 0.508 e. The average molecular weight is 979 g/mol. The second-order valence-electron chi connectivity index (χ2n) is 17.7. The molecule has 0 spiro atoms. The molecule has 0 saturated heterocycles. The van der Waals surface area contributed by atoms with E-state index >= 15 is 0 Å². The number of pyridine rings is 1. The van der Waals surface area contributed by atoms with Crippen molar-refractivity contribution >= 4 is 80.9 Å². The standard InChI is InChI=1S/C50H56ClN9O10/c1-29(2)45(56(5)6)48(66)53-31(4)46(64)52-18-19-57(20-22-69-23-21-59-41(62)16-17-42(59)63)50(68)70-39-24-38-44(43-30(3)8-7-9-36(39)43)33(25-51)26-60(38)49(67)37-28-58-27-34(12-15-40(58)55-37)54-47(65)32-10-13-35(61)14-11-32/h7-17,24,27-29,31,33,45,61H,18-23,25-26H2,1-6H3,(H,52,64)(H,53,66)(H,54,65)/t31-,33+,45-/m0/s1. The molecule has 3 atom stereocenters. The van der Waals surface area contributed by atoms with Crippen molar-refractivity contribution in [1.29, 1.82) is 0 Å². The summed E-state index contributed by atoms with van der Waals surface area (Å²) in [4.78, 5) is 102. The van der Waals surface area contributed by atoms with Crippen LogP contribution in [0.1, 0.15) is 58.7 Å². The summed E-state index contributed by atoms with van der Waals surface area (Å²) in [5.74, 6) is -2.41. The highest BCUT2D eigenvalue weighted by Crippen LogP contribution is 2.47. The van der Waals surface area contributed by atoms with E-state index in [1.54, 1.807) is 65.8 Å². The maximum Gasteiger partial charge on any atom is 0.415 e. The molecule has 0 radical (unpaired) electrons. The summed E-state index contributed by atoms with van der Waals surface area (Å²) in [6.45, 7) is 7.46. The fourth-order valence-corrected chi connectivity index (χ4v) is 8.96. The summed E-state index contributed by atoms with van der Waals surface area (Å²) in [7, 11) is 3.58. The Morgan fingerprint density at radius 3 is 2.34 bits per heavy atom. The molecular formula is C50H56ClN9O10. The van der Waals surface area contributed by atoms with E-state index in [4.69, 9.17) is 21.1 Å². The number of hydrogen-bond donors (Lipinski definition) is 4. The van der Waals surface area contributed by atoms with Gasteiger partial charge in [0.2, 0.25) is 11.8 Å². The van der Waals surface area contributed by atoms with Gasteiger partial charge in [-0.05, 0) is 86.8 Å². The molecule has 0 saturated carbocycles. The van der Waals surface area contributed by atoms with Crippen molar-refractivity contribution in [3.8, 4) is 11.5 Å². The number of amides is 7. The summed E-state index contributed by atoms with van der Waals surface area (Å²) < 4.78 is 13.6. The van der Waals surface area contributed by atoms with Gasteiger partial charge in [-0.3, -0.25) is 38.6 Å². The van der Waals surface area contributed by atoms with Gasteiger partial charge in [0.05, 0.1) is 37.2 Å². The van der Waals surface area contributed by atoms with Gasteiger partial charge in [-0.1, -0.05) is 32.0 Å². The van der Waals surface area contributed by atoms with Crippen molar-refractivity contribution in [3.63, 3.8) is 0 Å². The molecule has 2 aromatic heterocycles. The molecule has 7 rings (SSSR count). The van der Waals surface area contributed by atoms with E-state index < -0.39 is 47.7 Å². The summed E-state index contributed by atoms with van der Waals surface area (Å²) >= 11 is 6.62. The Balaban J connectivity index is 1.11. The third-order valence-corrected chi connectivity index (χ3v) is 12.5. The first-order valence-electron chi connectivity index (χ1n) is 22.8. The van der Waals surface area contributed by atoms with Crippen LogP contribution in [-0.2, 0) is 23.9 Å². The normalized spacial score (nSPS) is 15.2. The lowest BCUT2D eigenvalue weighted by atomic mass is 9.92. The fraction of sp³-hybridized carbons (Fsp3) is 0.360. The van der Waals surface area contributed by atoms with Gasteiger partial charge < -0.3 is 44.7 Å². The van der Waals surface area contributed by atoms with Crippen LogP contribution in [0, 0.1) is 12.8 Å². The highest BCUT2D eigenvalue weighted by molar-refractivity contribution is 6.19. The number of nitrogens with zero attached hydrogens (tertiary/aromatic N) is 6. The van der Waals surface area contributed by atoms with Crippen molar-refractivity contribution in [1.82, 2.24) is 34.7 Å². The Labute approximate surface area is 409 Å². The van der Waals surface area contributed by atoms with Crippen molar-refractivity contribution in [2.45, 2.75) is 45.7 Å². The SMILES string of the molecule is Cc1cccc2c(OC(=O)N(CCNC(=O)[C@H](C)NC(=O)[C@H](C(C)C)N(C)C)CCOCCN3C(=O)C=CC3=O)cc3c(c12)[C@H](CCl)CN3C(=O)c1cn2cc(NC(=O)c3ccc(O)cc3)ccc2n1. The van der Waals surface area contributed by atoms with Gasteiger partial charge in [-0.2, -0.15) is 0 Å². The van der Waals surface area contributed by atoms with Crippen molar-refractivity contribution in [2.75, 3.05) is 76.1 Å². The fourth-order valence-electron chi connectivity index (χ4n) is 8.71. The summed E-state index contributed by atoms with van der Waals surface area (Å²) in [5, 5.41) is 19.4. The van der Waals surface area contributed by atoms with Gasteiger partial charge in [0.1, 0.15) is 28.9 Å². The van der Waals surface area contributed by atoms with E-state index in [0.717, 1.165) is 21.4 Å². The molecule has 3 aromatic carbocycles. The number of carbonyl (C=O) groups is 7. The minimum absolute atomic E-state index is 0.00566. The van der Waals surface area contributed by atoms with Crippen LogP contribution < -0.4 is 25.6 Å². The summed E-state index contributed by atoms with van der Waals surface area (Å²) in [6, 6.07) is 15.0. The van der Waals surface area contributed by atoms with Crippen molar-refractivity contribution < 1.29 is 48.1 Å². The Kier molecular flexibility index (Phi) is 15.8. The molecule has 20 heteroatoms. The number of phenolic OH excluding ortho intramolecular Hbond substituents is 1. The number of imidazole rings is 1. The van der Waals surface area contributed by atoms with E-state index in [9.17, 15) is 38.7 Å². The van der Waals surface area contributed by atoms with Crippen LogP contribution in [0.5, 0.6) is 11.5 Å². The monoisotopic (exact) mass is 977 g/mol. The average Bonchev–Trinajstić information content (AvgIpc) is 4.01. The van der Waals surface area contributed by atoms with Gasteiger partial charge in [-0.25, -0.2) is 9.78 Å². The van der Waals surface area contributed by atoms with Crippen LogP contribution in [0.25, 0.3) is 16.4 Å². The van der Waals surface area contributed by atoms with Crippen LogP contribution in [-0.4, -0.2) is 149 Å². The van der Waals surface area contributed by atoms with Gasteiger partial charge >= 0.3 is 6.09 Å². The molecule has 70 heavy (non-hydrogen) atoms. The third-order valence-electron chi connectivity index (χ3n) is 12.2. The molecule has 4 N–H and O–H groups in total. The number of likely N-dealkylation sites (N-methyl/N-ethyl adjacent to an activating group) is 1. The number of fused-ring (bicyclic) bond motifs is 4. The second kappa shape index (κ2) is 21.9. The number of aromatic nitrogens is 2. The summed E-state index contributed by atoms with van der Waals surface area (Å²) in [5.41, 5.74) is 3.49. The maximum absolute atomic E-state index is 14.5. The zero-order valence-corrected chi connectivity index (χ0v) is 40.5. The molecule has 368 valence electrons. The van der Waals surface area contributed by atoms with Crippen LogP contribution in [0.2, 0.25) is 0 Å². The van der Waals surface area contributed by atoms with Gasteiger partial charge in [0.15, 0.2) is 0 Å². The number of hydrogen-bond acceptors (Lipinski definition) is 12. The van der Waals surface area contributed by atoms with Crippen LogP contribution in [0.3, 0.4) is 0 Å². The predicted octanol–water partition coefficient (Wildman–Crippen LogP) is 4.69. The first kappa shape index (κ1) is 50.5. The van der Waals surface area contributed by atoms with Crippen LogP contribution >= 0.6 is 11.6 Å². The number of aromatic hydroxyl groups is 1. The Hall–Kier alpha value is -7.35. The number of aryl methyl sites for hydroxylation is 1. The molecule has 4 heterocycles. The molecular weight excluding hydrogens is 922 g/mol. The first-order chi connectivity index (χ1) is 33.4. The first-order valence-corrected chi connectivity index (χ1v) is 23.3. The Morgan fingerprint density at radius 2 is 1.66 bits per heavy atom. The Morgan fingerprint density at radius 1 is 0.929 bits per heavy atom. The molecule has 0 aliphatic carbocycles. The van der Waals surface area contributed by atoms with Crippen molar-refractivity contribution in [2.24, 2.45) is 5.92 Å². The number of ether oxygens (including phenoxy) is 2. The lowest BCUT2D eigenvalue weighted by Gasteiger charge is -2.28. The number of alkyl halides is 1. The van der Waals surface area contributed by atoms with E-state index in [0.29, 0.717) is 28.0 Å². The molecule has 2 aliphatic rings. The van der Waals surface area contributed by atoms with E-state index in [-0.39, 0.29) is 86.8 Å². The lowest BCUT2D eigenvalue weighted by molar-refractivity contribution is -0.137. The topological polar surface area (TPSA) is 225 Å². The van der Waals surface area contributed by atoms with Crippen molar-refractivity contribution in [3.05, 3.63) is 108 Å². The minimum atomic E-state index is -0.880. The Bertz CT molecular complexity index is 2840. The highest BCUT2D eigenvalue weighted by Gasteiger charge is 2.37. The number of benzene rings is 3. The molecule has 5 aromatic rings. The zero-order chi connectivity index (χ0) is 50.4. The number of phenols is 1. The molecule has 0 bridgehead atoms. The zero-order valence-electron chi connectivity index (χ0n) is 39.7. The molecule has 7 amide bonds. The van der Waals surface area contributed by atoms with Gasteiger partial charge in [-0.15, -0.1) is 11.6 Å². The maximum atomic E-state index is 14.5. The van der Waals surface area contributed by atoms with Gasteiger partial charge in [0, 0.05) is 79.5 Å². The number of nitrogens with one attached hydrogen (secondary N) is 3. The van der Waals surface area contributed by atoms with Gasteiger partial charge in [0.25, 0.3) is 23.6 Å². The van der Waals surface area contributed by atoms with E-state index in [1.807, 2.05) is 39.0 Å². The third kappa shape index (κ3) is 11.2.